The fourth-order valence-corrected chi connectivity index (χ4v) is 1.82. The van der Waals surface area contributed by atoms with E-state index in [9.17, 15) is 4.79 Å². The highest BCUT2D eigenvalue weighted by atomic mass is 16.2. The smallest absolute Gasteiger partial charge is 0.317 e. The van der Waals surface area contributed by atoms with Crippen LogP contribution < -0.4 is 5.32 Å². The number of piperidine rings is 1. The molecule has 1 aliphatic heterocycles. The molecular weight excluding hydrogens is 202 g/mol. The van der Waals surface area contributed by atoms with Gasteiger partial charge in [-0.05, 0) is 32.6 Å². The van der Waals surface area contributed by atoms with Gasteiger partial charge in [0.15, 0.2) is 0 Å². The van der Waals surface area contributed by atoms with Crippen molar-refractivity contribution >= 4 is 6.03 Å². The molecule has 4 nitrogen and oxygen atoms in total. The van der Waals surface area contributed by atoms with Crippen LogP contribution in [0.3, 0.4) is 0 Å². The van der Waals surface area contributed by atoms with Gasteiger partial charge in [0.05, 0.1) is 11.5 Å². The summed E-state index contributed by atoms with van der Waals surface area (Å²) in [6.45, 7) is 7.89. The number of carbonyl (C=O) groups is 1. The fraction of sp³-hybridized carbons (Fsp3) is 0.833. The Balaban J connectivity index is 2.38. The summed E-state index contributed by atoms with van der Waals surface area (Å²) in [4.78, 5) is 13.7. The minimum Gasteiger partial charge on any atom is -0.336 e. The first-order chi connectivity index (χ1) is 7.44. The summed E-state index contributed by atoms with van der Waals surface area (Å²) in [6.07, 6.45) is 2.28. The number of rotatable bonds is 2. The van der Waals surface area contributed by atoms with Crippen LogP contribution in [0.15, 0.2) is 0 Å². The maximum Gasteiger partial charge on any atom is 0.317 e. The van der Waals surface area contributed by atoms with Gasteiger partial charge < -0.3 is 10.2 Å². The first-order valence-electron chi connectivity index (χ1n) is 5.88. The lowest BCUT2D eigenvalue weighted by atomic mass is 9.96. The Hall–Kier alpha value is -1.24. The van der Waals surface area contributed by atoms with Crippen molar-refractivity contribution in [3.63, 3.8) is 0 Å². The summed E-state index contributed by atoms with van der Waals surface area (Å²) >= 11 is 0. The van der Waals surface area contributed by atoms with E-state index in [-0.39, 0.29) is 6.03 Å². The van der Waals surface area contributed by atoms with Crippen LogP contribution in [-0.2, 0) is 0 Å². The van der Waals surface area contributed by atoms with E-state index in [1.807, 2.05) is 18.7 Å². The van der Waals surface area contributed by atoms with Gasteiger partial charge >= 0.3 is 6.03 Å². The van der Waals surface area contributed by atoms with Gasteiger partial charge in [-0.3, -0.25) is 0 Å². The van der Waals surface area contributed by atoms with Gasteiger partial charge in [0.25, 0.3) is 0 Å². The number of hydrogen-bond donors (Lipinski definition) is 1. The monoisotopic (exact) mass is 223 g/mol. The van der Waals surface area contributed by atoms with E-state index in [2.05, 4.69) is 18.3 Å². The van der Waals surface area contributed by atoms with Gasteiger partial charge in [-0.25, -0.2) is 4.79 Å². The summed E-state index contributed by atoms with van der Waals surface area (Å²) < 4.78 is 0. The molecule has 1 unspecified atom stereocenters. The number of nitriles is 1. The largest absolute Gasteiger partial charge is 0.336 e. The maximum absolute atomic E-state index is 11.8. The van der Waals surface area contributed by atoms with Crippen molar-refractivity contribution in [2.75, 3.05) is 19.6 Å². The zero-order chi connectivity index (χ0) is 12.2. The highest BCUT2D eigenvalue weighted by molar-refractivity contribution is 5.74. The molecule has 1 N–H and O–H groups in total. The molecule has 1 heterocycles. The normalized spacial score (nSPS) is 21.4. The molecule has 1 fully saturated rings. The Morgan fingerprint density at radius 2 is 2.31 bits per heavy atom. The average molecular weight is 223 g/mol. The van der Waals surface area contributed by atoms with Crippen molar-refractivity contribution in [1.29, 1.82) is 5.26 Å². The van der Waals surface area contributed by atoms with Gasteiger partial charge in [-0.1, -0.05) is 6.92 Å². The van der Waals surface area contributed by atoms with E-state index in [4.69, 9.17) is 5.26 Å². The highest BCUT2D eigenvalue weighted by Crippen LogP contribution is 2.16. The van der Waals surface area contributed by atoms with E-state index >= 15 is 0 Å². The predicted molar refractivity (Wildman–Crippen MR) is 62.8 cm³/mol. The number of nitrogens with zero attached hydrogens (tertiary/aromatic N) is 2. The zero-order valence-electron chi connectivity index (χ0n) is 10.4. The third kappa shape index (κ3) is 3.73. The zero-order valence-corrected chi connectivity index (χ0v) is 10.4. The van der Waals surface area contributed by atoms with Crippen molar-refractivity contribution < 1.29 is 4.79 Å². The molecule has 1 saturated heterocycles. The third-order valence-electron chi connectivity index (χ3n) is 2.93. The van der Waals surface area contributed by atoms with Gasteiger partial charge in [0.2, 0.25) is 0 Å². The number of hydrogen-bond acceptors (Lipinski definition) is 2. The molecule has 0 aromatic carbocycles. The Kier molecular flexibility index (Phi) is 4.17. The number of amides is 2. The van der Waals surface area contributed by atoms with Gasteiger partial charge in [0, 0.05) is 19.6 Å². The molecular formula is C12H21N3O. The topological polar surface area (TPSA) is 56.1 Å². The SMILES string of the molecule is CC1CCCN(C(=O)NCC(C)(C)C#N)C1. The van der Waals surface area contributed by atoms with Crippen LogP contribution in [0.2, 0.25) is 0 Å². The highest BCUT2D eigenvalue weighted by Gasteiger charge is 2.23. The number of carbonyl (C=O) groups excluding carboxylic acids is 1. The standard InChI is InChI=1S/C12H21N3O/c1-10-5-4-6-15(7-10)11(16)14-9-12(2,3)8-13/h10H,4-7,9H2,1-3H3,(H,14,16). The van der Waals surface area contributed by atoms with Crippen molar-refractivity contribution in [2.45, 2.75) is 33.6 Å². The molecule has 1 rings (SSSR count). The molecule has 0 aromatic rings. The third-order valence-corrected chi connectivity index (χ3v) is 2.93. The van der Waals surface area contributed by atoms with Crippen molar-refractivity contribution in [3.8, 4) is 6.07 Å². The molecule has 2 amide bonds. The van der Waals surface area contributed by atoms with Crippen LogP contribution >= 0.6 is 0 Å². The Labute approximate surface area is 97.6 Å². The molecule has 0 saturated carbocycles. The summed E-state index contributed by atoms with van der Waals surface area (Å²) in [7, 11) is 0. The molecule has 0 aromatic heterocycles. The van der Waals surface area contributed by atoms with Crippen LogP contribution in [-0.4, -0.2) is 30.6 Å². The first-order valence-corrected chi connectivity index (χ1v) is 5.88. The van der Waals surface area contributed by atoms with E-state index in [1.165, 1.54) is 6.42 Å². The second-order valence-electron chi connectivity index (χ2n) is 5.35. The average Bonchev–Trinajstić information content (AvgIpc) is 2.26. The van der Waals surface area contributed by atoms with Crippen LogP contribution in [0.4, 0.5) is 4.79 Å². The number of nitrogens with one attached hydrogen (secondary N) is 1. The van der Waals surface area contributed by atoms with E-state index < -0.39 is 5.41 Å². The number of likely N-dealkylation sites (tertiary alicyclic amines) is 1. The Morgan fingerprint density at radius 1 is 1.62 bits per heavy atom. The second kappa shape index (κ2) is 5.20. The van der Waals surface area contributed by atoms with Crippen LogP contribution in [0.5, 0.6) is 0 Å². The summed E-state index contributed by atoms with van der Waals surface area (Å²) in [5.41, 5.74) is -0.489. The summed E-state index contributed by atoms with van der Waals surface area (Å²) in [5.74, 6) is 0.587. The molecule has 0 bridgehead atoms. The van der Waals surface area contributed by atoms with Crippen molar-refractivity contribution in [1.82, 2.24) is 10.2 Å². The van der Waals surface area contributed by atoms with Gasteiger partial charge in [-0.15, -0.1) is 0 Å². The van der Waals surface area contributed by atoms with Crippen LogP contribution in [0.1, 0.15) is 33.6 Å². The van der Waals surface area contributed by atoms with Gasteiger partial charge in [0.1, 0.15) is 0 Å². The number of urea groups is 1. The molecule has 0 aliphatic carbocycles. The minimum absolute atomic E-state index is 0.0325. The lowest BCUT2D eigenvalue weighted by Crippen LogP contribution is -2.47. The summed E-state index contributed by atoms with van der Waals surface area (Å²) in [6, 6.07) is 2.14. The quantitative estimate of drug-likeness (QED) is 0.778. The first kappa shape index (κ1) is 12.8. The predicted octanol–water partition coefficient (Wildman–Crippen LogP) is 1.98. The van der Waals surface area contributed by atoms with Gasteiger partial charge in [-0.2, -0.15) is 5.26 Å². The van der Waals surface area contributed by atoms with E-state index in [0.29, 0.717) is 12.5 Å². The molecule has 1 atom stereocenters. The summed E-state index contributed by atoms with van der Waals surface area (Å²) in [5, 5.41) is 11.7. The lowest BCUT2D eigenvalue weighted by molar-refractivity contribution is 0.167. The van der Waals surface area contributed by atoms with Crippen molar-refractivity contribution in [2.24, 2.45) is 11.3 Å². The lowest BCUT2D eigenvalue weighted by Gasteiger charge is -2.31. The molecule has 0 radical (unpaired) electrons. The second-order valence-corrected chi connectivity index (χ2v) is 5.35. The van der Waals surface area contributed by atoms with E-state index in [0.717, 1.165) is 19.5 Å². The molecule has 90 valence electrons. The molecule has 1 aliphatic rings. The van der Waals surface area contributed by atoms with Crippen LogP contribution in [0, 0.1) is 22.7 Å². The maximum atomic E-state index is 11.8. The minimum atomic E-state index is -0.489. The molecule has 4 heteroatoms. The Bertz CT molecular complexity index is 293. The molecule has 0 spiro atoms. The van der Waals surface area contributed by atoms with Crippen LogP contribution in [0.25, 0.3) is 0 Å². The Morgan fingerprint density at radius 3 is 2.88 bits per heavy atom. The fourth-order valence-electron chi connectivity index (χ4n) is 1.82. The van der Waals surface area contributed by atoms with E-state index in [1.54, 1.807) is 0 Å². The van der Waals surface area contributed by atoms with Crippen molar-refractivity contribution in [3.05, 3.63) is 0 Å². The molecule has 16 heavy (non-hydrogen) atoms.